The summed E-state index contributed by atoms with van der Waals surface area (Å²) in [5.74, 6) is 0.305. The summed E-state index contributed by atoms with van der Waals surface area (Å²) in [6.07, 6.45) is 5.07. The minimum atomic E-state index is -0.924. The molecule has 3 rings (SSSR count). The van der Waals surface area contributed by atoms with Crippen LogP contribution >= 0.6 is 0 Å². The van der Waals surface area contributed by atoms with Crippen LogP contribution in [0, 0.1) is 5.41 Å². The molecule has 0 spiro atoms. The molecule has 1 unspecified atom stereocenters. The molecule has 5 nitrogen and oxygen atoms in total. The lowest BCUT2D eigenvalue weighted by atomic mass is 9.81. The second-order valence-corrected chi connectivity index (χ2v) is 5.94. The molecule has 2 heterocycles. The molecule has 1 aliphatic carbocycles. The number of aromatic carboxylic acids is 1. The van der Waals surface area contributed by atoms with Gasteiger partial charge in [0, 0.05) is 12.1 Å². The molecule has 5 heteroatoms. The first kappa shape index (κ1) is 12.1. The minimum absolute atomic E-state index is 0.197. The number of hydrogen-bond acceptors (Lipinski definition) is 3. The third kappa shape index (κ3) is 1.89. The molecule has 1 aliphatic rings. The van der Waals surface area contributed by atoms with Crippen LogP contribution in [0.2, 0.25) is 0 Å². The Morgan fingerprint density at radius 1 is 1.42 bits per heavy atom. The lowest BCUT2D eigenvalue weighted by molar-refractivity contribution is 0.0696. The van der Waals surface area contributed by atoms with E-state index in [0.717, 1.165) is 12.2 Å². The highest BCUT2D eigenvalue weighted by Gasteiger charge is 2.38. The Bertz CT molecular complexity index is 645. The van der Waals surface area contributed by atoms with Gasteiger partial charge in [-0.05, 0) is 30.4 Å². The first-order valence-electron chi connectivity index (χ1n) is 6.57. The molecule has 1 atom stereocenters. The van der Waals surface area contributed by atoms with Crippen molar-refractivity contribution in [3.63, 3.8) is 0 Å². The van der Waals surface area contributed by atoms with E-state index in [0.29, 0.717) is 11.6 Å². The van der Waals surface area contributed by atoms with E-state index >= 15 is 0 Å². The lowest BCUT2D eigenvalue weighted by Gasteiger charge is -2.25. The smallest absolute Gasteiger partial charge is 0.337 e. The van der Waals surface area contributed by atoms with Crippen molar-refractivity contribution in [2.45, 2.75) is 39.0 Å². The third-order valence-electron chi connectivity index (χ3n) is 4.24. The Morgan fingerprint density at radius 3 is 2.84 bits per heavy atom. The first-order chi connectivity index (χ1) is 8.99. The van der Waals surface area contributed by atoms with Crippen molar-refractivity contribution >= 4 is 11.6 Å². The molecule has 0 radical (unpaired) electrons. The van der Waals surface area contributed by atoms with Gasteiger partial charge >= 0.3 is 5.97 Å². The quantitative estimate of drug-likeness (QED) is 0.900. The van der Waals surface area contributed by atoms with Gasteiger partial charge in [0.15, 0.2) is 5.65 Å². The van der Waals surface area contributed by atoms with Gasteiger partial charge in [-0.3, -0.25) is 4.40 Å². The summed E-state index contributed by atoms with van der Waals surface area (Å²) in [5, 5.41) is 17.5. The molecule has 19 heavy (non-hydrogen) atoms. The summed E-state index contributed by atoms with van der Waals surface area (Å²) in [7, 11) is 0. The molecule has 100 valence electrons. The zero-order valence-electron chi connectivity index (χ0n) is 11.1. The molecular formula is C14H17N3O2. The molecule has 0 aromatic carbocycles. The van der Waals surface area contributed by atoms with E-state index in [-0.39, 0.29) is 11.0 Å². The Morgan fingerprint density at radius 2 is 2.21 bits per heavy atom. The minimum Gasteiger partial charge on any atom is -0.478 e. The van der Waals surface area contributed by atoms with Crippen LogP contribution in [0.15, 0.2) is 18.3 Å². The topological polar surface area (TPSA) is 67.5 Å². The van der Waals surface area contributed by atoms with Gasteiger partial charge in [-0.25, -0.2) is 4.79 Å². The summed E-state index contributed by atoms with van der Waals surface area (Å²) in [6.45, 7) is 4.49. The van der Waals surface area contributed by atoms with Gasteiger partial charge in [0.1, 0.15) is 5.82 Å². The molecule has 1 saturated carbocycles. The maximum absolute atomic E-state index is 11.1. The van der Waals surface area contributed by atoms with Crippen LogP contribution < -0.4 is 0 Å². The number of hydrogen-bond donors (Lipinski definition) is 1. The van der Waals surface area contributed by atoms with Gasteiger partial charge in [0.2, 0.25) is 0 Å². The number of carbonyl (C=O) groups is 1. The Hall–Kier alpha value is -1.91. The van der Waals surface area contributed by atoms with E-state index in [2.05, 4.69) is 24.0 Å². The van der Waals surface area contributed by atoms with Crippen LogP contribution in [0.3, 0.4) is 0 Å². The molecule has 1 N–H and O–H groups in total. The predicted octanol–water partition coefficient (Wildman–Crippen LogP) is 2.72. The fourth-order valence-corrected chi connectivity index (χ4v) is 3.08. The van der Waals surface area contributed by atoms with Gasteiger partial charge in [-0.1, -0.05) is 20.3 Å². The zero-order chi connectivity index (χ0) is 13.6. The summed E-state index contributed by atoms with van der Waals surface area (Å²) in [4.78, 5) is 11.1. The van der Waals surface area contributed by atoms with E-state index in [1.165, 1.54) is 12.8 Å². The van der Waals surface area contributed by atoms with Crippen LogP contribution in [0.5, 0.6) is 0 Å². The molecule has 0 saturated heterocycles. The van der Waals surface area contributed by atoms with Crippen molar-refractivity contribution in [1.29, 1.82) is 0 Å². The molecule has 2 aromatic rings. The molecule has 1 fully saturated rings. The van der Waals surface area contributed by atoms with E-state index < -0.39 is 5.97 Å². The third-order valence-corrected chi connectivity index (χ3v) is 4.24. The SMILES string of the molecule is CC1(C)CCCC1c1nnc2ccc(C(=O)O)cn12. The number of carboxylic acid groups (broad SMARTS) is 1. The monoisotopic (exact) mass is 259 g/mol. The van der Waals surface area contributed by atoms with E-state index in [1.807, 2.05) is 4.40 Å². The maximum atomic E-state index is 11.1. The van der Waals surface area contributed by atoms with Crippen LogP contribution in [-0.4, -0.2) is 25.7 Å². The molecule has 2 aromatic heterocycles. The fourth-order valence-electron chi connectivity index (χ4n) is 3.08. The largest absolute Gasteiger partial charge is 0.478 e. The molecule has 0 amide bonds. The molecular weight excluding hydrogens is 242 g/mol. The average molecular weight is 259 g/mol. The normalized spacial score (nSPS) is 21.9. The van der Waals surface area contributed by atoms with Gasteiger partial charge in [-0.15, -0.1) is 10.2 Å². The van der Waals surface area contributed by atoms with Crippen LogP contribution in [-0.2, 0) is 0 Å². The van der Waals surface area contributed by atoms with Crippen molar-refractivity contribution in [3.8, 4) is 0 Å². The number of rotatable bonds is 2. The van der Waals surface area contributed by atoms with Crippen molar-refractivity contribution in [3.05, 3.63) is 29.7 Å². The Labute approximate surface area is 111 Å². The maximum Gasteiger partial charge on any atom is 0.337 e. The number of pyridine rings is 1. The van der Waals surface area contributed by atoms with Crippen LogP contribution in [0.4, 0.5) is 0 Å². The highest BCUT2D eigenvalue weighted by Crippen LogP contribution is 2.48. The van der Waals surface area contributed by atoms with Crippen LogP contribution in [0.25, 0.3) is 5.65 Å². The van der Waals surface area contributed by atoms with Crippen molar-refractivity contribution < 1.29 is 9.90 Å². The van der Waals surface area contributed by atoms with Gasteiger partial charge in [-0.2, -0.15) is 0 Å². The summed E-state index contributed by atoms with van der Waals surface area (Å²) in [5.41, 5.74) is 1.18. The second-order valence-electron chi connectivity index (χ2n) is 5.94. The number of carboxylic acids is 1. The zero-order valence-corrected chi connectivity index (χ0v) is 11.1. The van der Waals surface area contributed by atoms with Gasteiger partial charge in [0.05, 0.1) is 5.56 Å². The number of nitrogens with zero attached hydrogens (tertiary/aromatic N) is 3. The predicted molar refractivity (Wildman–Crippen MR) is 70.3 cm³/mol. The number of fused-ring (bicyclic) bond motifs is 1. The van der Waals surface area contributed by atoms with E-state index in [1.54, 1.807) is 18.3 Å². The van der Waals surface area contributed by atoms with Crippen molar-refractivity contribution in [2.24, 2.45) is 5.41 Å². The highest BCUT2D eigenvalue weighted by atomic mass is 16.4. The summed E-state index contributed by atoms with van der Waals surface area (Å²) in [6, 6.07) is 3.28. The fraction of sp³-hybridized carbons (Fsp3) is 0.500. The summed E-state index contributed by atoms with van der Waals surface area (Å²) >= 11 is 0. The number of aromatic nitrogens is 3. The highest BCUT2D eigenvalue weighted by molar-refractivity contribution is 5.87. The van der Waals surface area contributed by atoms with Gasteiger partial charge < -0.3 is 5.11 Å². The van der Waals surface area contributed by atoms with Crippen molar-refractivity contribution in [1.82, 2.24) is 14.6 Å². The van der Waals surface area contributed by atoms with Crippen LogP contribution in [0.1, 0.15) is 55.2 Å². The lowest BCUT2D eigenvalue weighted by Crippen LogP contribution is -2.18. The average Bonchev–Trinajstić information content (AvgIpc) is 2.90. The van der Waals surface area contributed by atoms with E-state index in [4.69, 9.17) is 5.11 Å². The Balaban J connectivity index is 2.14. The Kier molecular flexibility index (Phi) is 2.59. The van der Waals surface area contributed by atoms with E-state index in [9.17, 15) is 4.79 Å². The van der Waals surface area contributed by atoms with Gasteiger partial charge in [0.25, 0.3) is 0 Å². The van der Waals surface area contributed by atoms with Crippen molar-refractivity contribution in [2.75, 3.05) is 0 Å². The molecule has 0 bridgehead atoms. The summed E-state index contributed by atoms with van der Waals surface area (Å²) < 4.78 is 1.83. The standard InChI is InChI=1S/C14H17N3O2/c1-14(2)7-3-4-10(14)12-16-15-11-6-5-9(13(18)19)8-17(11)12/h5-6,8,10H,3-4,7H2,1-2H3,(H,18,19). The first-order valence-corrected chi connectivity index (χ1v) is 6.57. The molecule has 0 aliphatic heterocycles. The second kappa shape index (κ2) is 4.05.